The number of carbonyl (C=O) groups excluding carboxylic acids is 1. The predicted molar refractivity (Wildman–Crippen MR) is 58.1 cm³/mol. The highest BCUT2D eigenvalue weighted by Crippen LogP contribution is 2.01. The van der Waals surface area contributed by atoms with Crippen LogP contribution < -0.4 is 5.32 Å². The molecule has 0 aromatic carbocycles. The number of aryl methyl sites for hydroxylation is 1. The van der Waals surface area contributed by atoms with Gasteiger partial charge in [-0.2, -0.15) is 0 Å². The number of amides is 1. The van der Waals surface area contributed by atoms with Crippen molar-refractivity contribution in [1.29, 1.82) is 0 Å². The maximum Gasteiger partial charge on any atom is 0.289 e. The monoisotopic (exact) mass is 227 g/mol. The summed E-state index contributed by atoms with van der Waals surface area (Å²) in [6.07, 6.45) is -0.594. The molecule has 0 fully saturated rings. The van der Waals surface area contributed by atoms with E-state index in [2.05, 4.69) is 10.5 Å². The fraction of sp³-hybridized carbons (Fsp3) is 0.600. The standard InChI is InChI=1S/C10H17N3O3/c1-7-4-9(16-12-7)10(15)11-5-8(14)6-13(2)3/h4,8,14H,5-6H2,1-3H3,(H,11,15). The molecule has 0 saturated carbocycles. The van der Waals surface area contributed by atoms with E-state index in [-0.39, 0.29) is 18.2 Å². The number of hydrogen-bond acceptors (Lipinski definition) is 5. The van der Waals surface area contributed by atoms with E-state index < -0.39 is 6.10 Å². The van der Waals surface area contributed by atoms with Crippen LogP contribution in [0.4, 0.5) is 0 Å². The molecular weight excluding hydrogens is 210 g/mol. The second-order valence-corrected chi connectivity index (χ2v) is 3.96. The van der Waals surface area contributed by atoms with Crippen LogP contribution in [-0.2, 0) is 0 Å². The van der Waals surface area contributed by atoms with Crippen molar-refractivity contribution in [2.45, 2.75) is 13.0 Å². The Bertz CT molecular complexity index is 349. The Hall–Kier alpha value is -1.40. The molecule has 1 amide bonds. The van der Waals surface area contributed by atoms with Gasteiger partial charge in [-0.25, -0.2) is 0 Å². The Morgan fingerprint density at radius 3 is 2.88 bits per heavy atom. The predicted octanol–water partition coefficient (Wildman–Crippen LogP) is -0.365. The second-order valence-electron chi connectivity index (χ2n) is 3.96. The normalized spacial score (nSPS) is 12.8. The van der Waals surface area contributed by atoms with Gasteiger partial charge in [0.2, 0.25) is 5.76 Å². The number of carbonyl (C=O) groups is 1. The fourth-order valence-corrected chi connectivity index (χ4v) is 1.25. The molecule has 0 aliphatic rings. The minimum atomic E-state index is -0.594. The van der Waals surface area contributed by atoms with Gasteiger partial charge in [-0.15, -0.1) is 0 Å². The number of nitrogens with zero attached hydrogens (tertiary/aromatic N) is 2. The van der Waals surface area contributed by atoms with Gasteiger partial charge >= 0.3 is 0 Å². The lowest BCUT2D eigenvalue weighted by Crippen LogP contribution is -2.37. The van der Waals surface area contributed by atoms with E-state index in [1.165, 1.54) is 0 Å². The van der Waals surface area contributed by atoms with E-state index in [4.69, 9.17) is 4.52 Å². The Morgan fingerprint density at radius 2 is 2.38 bits per heavy atom. The van der Waals surface area contributed by atoms with Gasteiger partial charge in [-0.3, -0.25) is 4.79 Å². The molecule has 0 bridgehead atoms. The van der Waals surface area contributed by atoms with Crippen molar-refractivity contribution < 1.29 is 14.4 Å². The summed E-state index contributed by atoms with van der Waals surface area (Å²) < 4.78 is 4.79. The molecule has 1 aromatic rings. The van der Waals surface area contributed by atoms with Gasteiger partial charge in [0.15, 0.2) is 0 Å². The Morgan fingerprint density at radius 1 is 1.69 bits per heavy atom. The quantitative estimate of drug-likeness (QED) is 0.718. The number of aliphatic hydroxyl groups excluding tert-OH is 1. The second kappa shape index (κ2) is 5.62. The van der Waals surface area contributed by atoms with Crippen LogP contribution in [0.25, 0.3) is 0 Å². The topological polar surface area (TPSA) is 78.6 Å². The smallest absolute Gasteiger partial charge is 0.289 e. The number of aliphatic hydroxyl groups is 1. The average molecular weight is 227 g/mol. The van der Waals surface area contributed by atoms with Crippen LogP contribution in [-0.4, -0.2) is 54.4 Å². The summed E-state index contributed by atoms with van der Waals surface area (Å²) in [6.45, 7) is 2.42. The highest BCUT2D eigenvalue weighted by Gasteiger charge is 2.13. The van der Waals surface area contributed by atoms with Crippen LogP contribution in [0.1, 0.15) is 16.2 Å². The van der Waals surface area contributed by atoms with Crippen LogP contribution in [0.15, 0.2) is 10.6 Å². The number of aromatic nitrogens is 1. The molecule has 1 rings (SSSR count). The van der Waals surface area contributed by atoms with E-state index >= 15 is 0 Å². The van der Waals surface area contributed by atoms with Gasteiger partial charge < -0.3 is 19.8 Å². The van der Waals surface area contributed by atoms with Gasteiger partial charge in [-0.1, -0.05) is 5.16 Å². The van der Waals surface area contributed by atoms with E-state index in [9.17, 15) is 9.90 Å². The molecule has 0 aliphatic carbocycles. The first-order chi connectivity index (χ1) is 7.49. The summed E-state index contributed by atoms with van der Waals surface area (Å²) in [6, 6.07) is 1.55. The minimum Gasteiger partial charge on any atom is -0.390 e. The number of likely N-dealkylation sites (N-methyl/N-ethyl adjacent to an activating group) is 1. The summed E-state index contributed by atoms with van der Waals surface area (Å²) in [5.74, 6) is -0.201. The summed E-state index contributed by atoms with van der Waals surface area (Å²) >= 11 is 0. The zero-order valence-corrected chi connectivity index (χ0v) is 9.73. The lowest BCUT2D eigenvalue weighted by Gasteiger charge is -2.15. The maximum atomic E-state index is 11.5. The Kier molecular flexibility index (Phi) is 4.45. The van der Waals surface area contributed by atoms with Crippen molar-refractivity contribution in [3.05, 3.63) is 17.5 Å². The molecular formula is C10H17N3O3. The molecule has 0 radical (unpaired) electrons. The van der Waals surface area contributed by atoms with Gasteiger partial charge in [0.25, 0.3) is 5.91 Å². The van der Waals surface area contributed by atoms with Crippen LogP contribution in [0.2, 0.25) is 0 Å². The molecule has 6 heteroatoms. The highest BCUT2D eigenvalue weighted by atomic mass is 16.5. The van der Waals surface area contributed by atoms with Crippen LogP contribution in [0.5, 0.6) is 0 Å². The molecule has 1 unspecified atom stereocenters. The third-order valence-electron chi connectivity index (χ3n) is 1.93. The maximum absolute atomic E-state index is 11.5. The molecule has 2 N–H and O–H groups in total. The first kappa shape index (κ1) is 12.7. The summed E-state index contributed by atoms with van der Waals surface area (Å²) in [5, 5.41) is 15.7. The Labute approximate surface area is 94.2 Å². The zero-order valence-electron chi connectivity index (χ0n) is 9.73. The van der Waals surface area contributed by atoms with Gasteiger partial charge in [-0.05, 0) is 21.0 Å². The van der Waals surface area contributed by atoms with E-state index in [0.717, 1.165) is 0 Å². The van der Waals surface area contributed by atoms with Crippen LogP contribution >= 0.6 is 0 Å². The van der Waals surface area contributed by atoms with Crippen molar-refractivity contribution in [3.8, 4) is 0 Å². The van der Waals surface area contributed by atoms with E-state index in [0.29, 0.717) is 12.2 Å². The third-order valence-corrected chi connectivity index (χ3v) is 1.93. The van der Waals surface area contributed by atoms with Crippen LogP contribution in [0, 0.1) is 6.92 Å². The summed E-state index contributed by atoms with van der Waals surface area (Å²) in [7, 11) is 3.70. The fourth-order valence-electron chi connectivity index (χ4n) is 1.25. The third kappa shape index (κ3) is 4.00. The van der Waals surface area contributed by atoms with Crippen molar-refractivity contribution in [2.75, 3.05) is 27.2 Å². The van der Waals surface area contributed by atoms with Gasteiger partial charge in [0.1, 0.15) is 0 Å². The highest BCUT2D eigenvalue weighted by molar-refractivity contribution is 5.91. The number of rotatable bonds is 5. The van der Waals surface area contributed by atoms with E-state index in [1.54, 1.807) is 13.0 Å². The molecule has 0 saturated heterocycles. The van der Waals surface area contributed by atoms with Crippen molar-refractivity contribution in [1.82, 2.24) is 15.4 Å². The van der Waals surface area contributed by atoms with Crippen molar-refractivity contribution in [3.63, 3.8) is 0 Å². The number of hydrogen-bond donors (Lipinski definition) is 2. The van der Waals surface area contributed by atoms with Crippen molar-refractivity contribution in [2.24, 2.45) is 0 Å². The minimum absolute atomic E-state index is 0.162. The molecule has 0 aliphatic heterocycles. The SMILES string of the molecule is Cc1cc(C(=O)NCC(O)CN(C)C)on1. The molecule has 16 heavy (non-hydrogen) atoms. The lowest BCUT2D eigenvalue weighted by atomic mass is 10.3. The van der Waals surface area contributed by atoms with Gasteiger partial charge in [0, 0.05) is 19.2 Å². The summed E-state index contributed by atoms with van der Waals surface area (Å²) in [5.41, 5.74) is 0.652. The van der Waals surface area contributed by atoms with Crippen molar-refractivity contribution >= 4 is 5.91 Å². The van der Waals surface area contributed by atoms with Crippen LogP contribution in [0.3, 0.4) is 0 Å². The molecule has 1 heterocycles. The summed E-state index contributed by atoms with van der Waals surface area (Å²) in [4.78, 5) is 13.3. The number of nitrogens with one attached hydrogen (secondary N) is 1. The molecule has 0 spiro atoms. The average Bonchev–Trinajstić information content (AvgIpc) is 2.60. The Balaban J connectivity index is 2.35. The molecule has 1 aromatic heterocycles. The molecule has 1 atom stereocenters. The molecule has 90 valence electrons. The lowest BCUT2D eigenvalue weighted by molar-refractivity contribution is 0.0858. The first-order valence-electron chi connectivity index (χ1n) is 5.03. The van der Waals surface area contributed by atoms with Gasteiger partial charge in [0.05, 0.1) is 11.8 Å². The first-order valence-corrected chi connectivity index (χ1v) is 5.03. The largest absolute Gasteiger partial charge is 0.390 e. The zero-order chi connectivity index (χ0) is 12.1. The van der Waals surface area contributed by atoms with E-state index in [1.807, 2.05) is 19.0 Å². The molecule has 6 nitrogen and oxygen atoms in total.